The molecule has 1 aliphatic heterocycles. The first-order chi connectivity index (χ1) is 19.6. The van der Waals surface area contributed by atoms with Crippen LogP contribution in [0.25, 0.3) is 22.1 Å². The Hall–Kier alpha value is -5.01. The van der Waals surface area contributed by atoms with E-state index in [0.29, 0.717) is 42.8 Å². The zero-order valence-electron chi connectivity index (χ0n) is 22.9. The number of ether oxygens (including phenoxy) is 2. The lowest BCUT2D eigenvalue weighted by atomic mass is 10.0. The Labute approximate surface area is 236 Å². The minimum atomic E-state index is -0.770. The van der Waals surface area contributed by atoms with Gasteiger partial charge in [0.15, 0.2) is 11.3 Å². The van der Waals surface area contributed by atoms with Crippen molar-refractivity contribution >= 4 is 34.4 Å². The number of rotatable bonds is 5. The molecule has 10 nitrogen and oxygen atoms in total. The molecule has 0 bridgehead atoms. The van der Waals surface area contributed by atoms with Gasteiger partial charge in [-0.05, 0) is 74.4 Å². The molecule has 41 heavy (non-hydrogen) atoms. The third-order valence-corrected chi connectivity index (χ3v) is 6.46. The highest BCUT2D eigenvalue weighted by molar-refractivity contribution is 6.13. The first-order valence-corrected chi connectivity index (χ1v) is 13.1. The first kappa shape index (κ1) is 27.6. The van der Waals surface area contributed by atoms with E-state index < -0.39 is 17.5 Å². The molecule has 0 radical (unpaired) electrons. The minimum absolute atomic E-state index is 0.0282. The molecule has 5 rings (SSSR count). The second-order valence-electron chi connectivity index (χ2n) is 10.6. The fourth-order valence-corrected chi connectivity index (χ4v) is 4.44. The highest BCUT2D eigenvalue weighted by Gasteiger charge is 2.24. The summed E-state index contributed by atoms with van der Waals surface area (Å²) in [5.74, 6) is -1.31. The van der Waals surface area contributed by atoms with Crippen molar-refractivity contribution in [1.82, 2.24) is 10.1 Å². The summed E-state index contributed by atoms with van der Waals surface area (Å²) in [5.41, 5.74) is 2.37. The number of amides is 2. The number of fused-ring (bicyclic) bond motifs is 1. The number of nitriles is 1. The van der Waals surface area contributed by atoms with E-state index in [1.165, 1.54) is 18.2 Å². The molecular formula is C31H28N4O6. The summed E-state index contributed by atoms with van der Waals surface area (Å²) < 4.78 is 16.2. The summed E-state index contributed by atoms with van der Waals surface area (Å²) in [6.07, 6.45) is 0. The van der Waals surface area contributed by atoms with E-state index in [1.807, 2.05) is 24.3 Å². The molecule has 0 spiro atoms. The number of carbonyl (C=O) groups is 3. The van der Waals surface area contributed by atoms with Gasteiger partial charge in [0.2, 0.25) is 0 Å². The van der Waals surface area contributed by atoms with Crippen molar-refractivity contribution in [2.45, 2.75) is 26.4 Å². The Bertz CT molecular complexity index is 1670. The SMILES string of the molecule is CC(C)(C)OC(=O)c1cc(C#N)ccc1NC(=O)c1noc2ccc(-c3ccc(C(=O)N4CCOCC4)cc3)cc12. The van der Waals surface area contributed by atoms with Crippen LogP contribution in [0.2, 0.25) is 0 Å². The van der Waals surface area contributed by atoms with Gasteiger partial charge in [-0.2, -0.15) is 5.26 Å². The largest absolute Gasteiger partial charge is 0.456 e. The van der Waals surface area contributed by atoms with Crippen LogP contribution in [0.15, 0.2) is 65.2 Å². The van der Waals surface area contributed by atoms with E-state index in [-0.39, 0.29) is 28.4 Å². The molecule has 4 aromatic rings. The maximum Gasteiger partial charge on any atom is 0.340 e. The molecule has 0 atom stereocenters. The number of anilines is 1. The summed E-state index contributed by atoms with van der Waals surface area (Å²) in [7, 11) is 0. The molecule has 10 heteroatoms. The molecule has 0 unspecified atom stereocenters. The Morgan fingerprint density at radius 1 is 0.976 bits per heavy atom. The van der Waals surface area contributed by atoms with Gasteiger partial charge in [0, 0.05) is 18.7 Å². The lowest BCUT2D eigenvalue weighted by Crippen LogP contribution is -2.40. The molecule has 2 amide bonds. The van der Waals surface area contributed by atoms with Crippen molar-refractivity contribution in [2.24, 2.45) is 0 Å². The molecular weight excluding hydrogens is 524 g/mol. The Balaban J connectivity index is 1.40. The average molecular weight is 553 g/mol. The molecule has 2 heterocycles. The van der Waals surface area contributed by atoms with Crippen LogP contribution in [-0.4, -0.2) is 59.7 Å². The summed E-state index contributed by atoms with van der Waals surface area (Å²) in [6.45, 7) is 7.39. The van der Waals surface area contributed by atoms with E-state index in [9.17, 15) is 19.6 Å². The van der Waals surface area contributed by atoms with E-state index in [1.54, 1.807) is 49.9 Å². The van der Waals surface area contributed by atoms with Gasteiger partial charge in [-0.15, -0.1) is 0 Å². The molecule has 1 aromatic heterocycles. The van der Waals surface area contributed by atoms with Crippen LogP contribution in [-0.2, 0) is 9.47 Å². The van der Waals surface area contributed by atoms with Crippen LogP contribution in [0.4, 0.5) is 5.69 Å². The molecule has 3 aromatic carbocycles. The van der Waals surface area contributed by atoms with Crippen LogP contribution >= 0.6 is 0 Å². The van der Waals surface area contributed by atoms with Gasteiger partial charge in [0.25, 0.3) is 11.8 Å². The fourth-order valence-electron chi connectivity index (χ4n) is 4.44. The van der Waals surface area contributed by atoms with Crippen LogP contribution in [0.1, 0.15) is 57.5 Å². The predicted molar refractivity (Wildman–Crippen MR) is 150 cm³/mol. The van der Waals surface area contributed by atoms with Crippen LogP contribution in [0.5, 0.6) is 0 Å². The molecule has 0 aliphatic carbocycles. The third-order valence-electron chi connectivity index (χ3n) is 6.46. The number of carbonyl (C=O) groups excluding carboxylic acids is 3. The number of nitrogens with one attached hydrogen (secondary N) is 1. The zero-order valence-corrected chi connectivity index (χ0v) is 22.9. The van der Waals surface area contributed by atoms with Gasteiger partial charge in [-0.25, -0.2) is 4.79 Å². The zero-order chi connectivity index (χ0) is 29.1. The normalized spacial score (nSPS) is 13.5. The van der Waals surface area contributed by atoms with Gasteiger partial charge in [0.1, 0.15) is 5.60 Å². The monoisotopic (exact) mass is 552 g/mol. The molecule has 1 aliphatic rings. The van der Waals surface area contributed by atoms with Crippen LogP contribution in [0.3, 0.4) is 0 Å². The summed E-state index contributed by atoms with van der Waals surface area (Å²) >= 11 is 0. The molecule has 1 N–H and O–H groups in total. The number of nitrogens with zero attached hydrogens (tertiary/aromatic N) is 3. The average Bonchev–Trinajstić information content (AvgIpc) is 3.40. The highest BCUT2D eigenvalue weighted by atomic mass is 16.6. The second-order valence-corrected chi connectivity index (χ2v) is 10.6. The Kier molecular flexibility index (Phi) is 7.55. The van der Waals surface area contributed by atoms with E-state index in [0.717, 1.165) is 11.1 Å². The van der Waals surface area contributed by atoms with Gasteiger partial charge in [-0.3, -0.25) is 9.59 Å². The minimum Gasteiger partial charge on any atom is -0.456 e. The van der Waals surface area contributed by atoms with Crippen molar-refractivity contribution in [2.75, 3.05) is 31.6 Å². The first-order valence-electron chi connectivity index (χ1n) is 13.1. The van der Waals surface area contributed by atoms with Gasteiger partial charge >= 0.3 is 5.97 Å². The smallest absolute Gasteiger partial charge is 0.340 e. The number of benzene rings is 3. The van der Waals surface area contributed by atoms with Gasteiger partial charge < -0.3 is 24.2 Å². The fraction of sp³-hybridized carbons (Fsp3) is 0.258. The highest BCUT2D eigenvalue weighted by Crippen LogP contribution is 2.29. The van der Waals surface area contributed by atoms with Crippen molar-refractivity contribution in [3.05, 3.63) is 83.0 Å². The standard InChI is InChI=1S/C31H28N4O6/c1-31(2,3)40-30(38)23-16-19(18-32)4-10-25(23)33-28(36)27-24-17-22(9-11-26(24)41-34-27)20-5-7-21(8-6-20)29(37)35-12-14-39-15-13-35/h4-11,16-17H,12-15H2,1-3H3,(H,33,36). The molecule has 0 saturated carbocycles. The lowest BCUT2D eigenvalue weighted by molar-refractivity contribution is 0.00705. The Morgan fingerprint density at radius 2 is 1.68 bits per heavy atom. The number of morpholine rings is 1. The maximum absolute atomic E-state index is 13.3. The number of esters is 1. The molecule has 1 fully saturated rings. The van der Waals surface area contributed by atoms with Crippen molar-refractivity contribution < 1.29 is 28.4 Å². The summed E-state index contributed by atoms with van der Waals surface area (Å²) in [5, 5.41) is 16.5. The van der Waals surface area contributed by atoms with Crippen molar-refractivity contribution in [3.8, 4) is 17.2 Å². The topological polar surface area (TPSA) is 135 Å². The predicted octanol–water partition coefficient (Wildman–Crippen LogP) is 5.05. The number of hydrogen-bond acceptors (Lipinski definition) is 8. The van der Waals surface area contributed by atoms with Gasteiger partial charge in [0.05, 0.1) is 41.5 Å². The van der Waals surface area contributed by atoms with Crippen LogP contribution < -0.4 is 5.32 Å². The van der Waals surface area contributed by atoms with E-state index in [2.05, 4.69) is 10.5 Å². The maximum atomic E-state index is 13.3. The summed E-state index contributed by atoms with van der Waals surface area (Å²) in [4.78, 5) is 40.7. The van der Waals surface area contributed by atoms with Crippen molar-refractivity contribution in [1.29, 1.82) is 5.26 Å². The number of hydrogen-bond donors (Lipinski definition) is 1. The lowest BCUT2D eigenvalue weighted by Gasteiger charge is -2.26. The molecule has 208 valence electrons. The number of aromatic nitrogens is 1. The summed E-state index contributed by atoms with van der Waals surface area (Å²) in [6, 6.07) is 18.9. The van der Waals surface area contributed by atoms with Crippen molar-refractivity contribution in [3.63, 3.8) is 0 Å². The quantitative estimate of drug-likeness (QED) is 0.340. The van der Waals surface area contributed by atoms with E-state index >= 15 is 0 Å². The second kappa shape index (κ2) is 11.2. The van der Waals surface area contributed by atoms with E-state index in [4.69, 9.17) is 14.0 Å². The Morgan fingerprint density at radius 3 is 2.37 bits per heavy atom. The third kappa shape index (κ3) is 6.10. The molecule has 1 saturated heterocycles. The van der Waals surface area contributed by atoms with Crippen LogP contribution in [0, 0.1) is 11.3 Å². The van der Waals surface area contributed by atoms with Gasteiger partial charge in [-0.1, -0.05) is 23.4 Å².